The first-order chi connectivity index (χ1) is 18.3. The first-order valence-electron chi connectivity index (χ1n) is 11.2. The van der Waals surface area contributed by atoms with Crippen LogP contribution in [-0.4, -0.2) is 116 Å². The van der Waals surface area contributed by atoms with Gasteiger partial charge in [0.1, 0.15) is 17.1 Å². The van der Waals surface area contributed by atoms with Crippen molar-refractivity contribution in [2.75, 3.05) is 45.0 Å². The molecule has 3 aliphatic rings. The lowest BCUT2D eigenvalue weighted by molar-refractivity contribution is -0.150. The van der Waals surface area contributed by atoms with Crippen LogP contribution >= 0.6 is 23.3 Å². The number of hydrazone groups is 1. The Kier molecular flexibility index (Phi) is 8.25. The van der Waals surface area contributed by atoms with Gasteiger partial charge < -0.3 is 25.9 Å². The molecule has 2 amide bonds. The van der Waals surface area contributed by atoms with Gasteiger partial charge in [-0.1, -0.05) is 5.16 Å². The van der Waals surface area contributed by atoms with E-state index in [9.17, 15) is 23.9 Å². The normalized spacial score (nSPS) is 22.7. The van der Waals surface area contributed by atoms with E-state index in [1.54, 1.807) is 12.1 Å². The quantitative estimate of drug-likeness (QED) is 0.146. The number of carboxylic acid groups (broad SMARTS) is 1. The number of thioether (sulfide) groups is 1. The molecule has 0 aromatic carbocycles. The van der Waals surface area contributed by atoms with Crippen molar-refractivity contribution in [3.05, 3.63) is 17.1 Å². The third kappa shape index (κ3) is 5.19. The van der Waals surface area contributed by atoms with Crippen molar-refractivity contribution in [2.45, 2.75) is 18.3 Å². The summed E-state index contributed by atoms with van der Waals surface area (Å²) in [4.78, 5) is 53.4. The Morgan fingerprint density at radius 2 is 2.18 bits per heavy atom. The maximum absolute atomic E-state index is 12.9. The van der Waals surface area contributed by atoms with E-state index in [0.29, 0.717) is 18.1 Å². The second kappa shape index (κ2) is 11.6. The molecule has 2 saturated heterocycles. The fraction of sp³-hybridized carbons (Fsp3) is 0.474. The minimum absolute atomic E-state index is 0.0417. The van der Waals surface area contributed by atoms with Crippen LogP contribution in [-0.2, 0) is 19.2 Å². The zero-order chi connectivity index (χ0) is 27.4. The SMILES string of the molecule is CCN1CCN(N/N=C/C2=C(C(=O)O)N3C(=O)C(NC(=O)/C(=N\OCF)c4nsc(N)n4)C3SC2)/C1=N/C. The minimum atomic E-state index is -1.32. The van der Waals surface area contributed by atoms with Crippen LogP contribution < -0.4 is 16.6 Å². The van der Waals surface area contributed by atoms with E-state index in [-0.39, 0.29) is 22.4 Å². The molecule has 204 valence electrons. The van der Waals surface area contributed by atoms with Crippen molar-refractivity contribution >= 4 is 64.1 Å². The molecule has 0 aliphatic carbocycles. The second-order valence-electron chi connectivity index (χ2n) is 7.79. The summed E-state index contributed by atoms with van der Waals surface area (Å²) < 4.78 is 16.3. The molecule has 19 heteroatoms. The molecule has 4 heterocycles. The first-order valence-corrected chi connectivity index (χ1v) is 13.0. The molecule has 0 radical (unpaired) electrons. The summed E-state index contributed by atoms with van der Waals surface area (Å²) in [6, 6.07) is -1.07. The summed E-state index contributed by atoms with van der Waals surface area (Å²) in [5.74, 6) is -2.16. The molecule has 0 saturated carbocycles. The molecule has 4 rings (SSSR count). The van der Waals surface area contributed by atoms with E-state index in [4.69, 9.17) is 5.73 Å². The van der Waals surface area contributed by atoms with Gasteiger partial charge in [-0.3, -0.25) is 19.5 Å². The number of carbonyl (C=O) groups excluding carboxylic acids is 2. The molecular formula is C19H24FN11O5S2. The number of aliphatic imine (C=N–C) groups is 1. The van der Waals surface area contributed by atoms with Crippen LogP contribution in [0.1, 0.15) is 12.7 Å². The lowest BCUT2D eigenvalue weighted by Gasteiger charge is -2.49. The van der Waals surface area contributed by atoms with Crippen molar-refractivity contribution in [2.24, 2.45) is 15.2 Å². The number of amides is 2. The van der Waals surface area contributed by atoms with Gasteiger partial charge in [0, 0.05) is 43.0 Å². The van der Waals surface area contributed by atoms with Crippen LogP contribution in [0.4, 0.5) is 9.52 Å². The Labute approximate surface area is 223 Å². The standard InChI is InChI=1S/C19H24FN11O5S2/c1-3-29-4-5-30(19(29)22-2)28-23-6-9-7-37-16-11(15(33)31(16)12(9)17(34)35)24-14(32)10(26-36-8-20)13-25-18(21)38-27-13/h6,11,16,28H,3-5,7-8H2,1-2H3,(H,24,32)(H,34,35)(H2,21,25,27)/b22-19+,23-6+,26-10-. The number of hydrogen-bond donors (Lipinski definition) is 4. The number of guanidine groups is 1. The van der Waals surface area contributed by atoms with Gasteiger partial charge in [0.25, 0.3) is 18.7 Å². The van der Waals surface area contributed by atoms with Gasteiger partial charge in [0.2, 0.25) is 17.5 Å². The van der Waals surface area contributed by atoms with Crippen LogP contribution in [0.5, 0.6) is 0 Å². The minimum Gasteiger partial charge on any atom is -0.477 e. The number of nitrogen functional groups attached to an aromatic ring is 1. The Bertz CT molecular complexity index is 1240. The second-order valence-corrected chi connectivity index (χ2v) is 9.68. The highest BCUT2D eigenvalue weighted by Crippen LogP contribution is 2.39. The average molecular weight is 570 g/mol. The summed E-state index contributed by atoms with van der Waals surface area (Å²) in [7, 11) is 1.67. The number of alkyl halides is 1. The van der Waals surface area contributed by atoms with Gasteiger partial charge in [-0.2, -0.15) is 14.5 Å². The first kappa shape index (κ1) is 27.0. The number of carboxylic acids is 1. The number of halogens is 1. The molecule has 5 N–H and O–H groups in total. The number of nitrogens with one attached hydrogen (secondary N) is 2. The fourth-order valence-electron chi connectivity index (χ4n) is 3.98. The molecule has 0 bridgehead atoms. The number of aliphatic carboxylic acids is 1. The Morgan fingerprint density at radius 3 is 2.82 bits per heavy atom. The predicted molar refractivity (Wildman–Crippen MR) is 137 cm³/mol. The number of nitrogens with zero attached hydrogens (tertiary/aromatic N) is 8. The molecule has 0 spiro atoms. The van der Waals surface area contributed by atoms with Gasteiger partial charge in [0.05, 0.1) is 12.8 Å². The van der Waals surface area contributed by atoms with Crippen LogP contribution in [0.2, 0.25) is 0 Å². The zero-order valence-corrected chi connectivity index (χ0v) is 21.8. The number of aromatic nitrogens is 2. The van der Waals surface area contributed by atoms with E-state index in [1.807, 2.05) is 6.92 Å². The number of nitrogens with two attached hydrogens (primary N) is 1. The van der Waals surface area contributed by atoms with Crippen molar-refractivity contribution in [3.63, 3.8) is 0 Å². The highest BCUT2D eigenvalue weighted by Gasteiger charge is 2.54. The summed E-state index contributed by atoms with van der Waals surface area (Å²) in [5.41, 5.74) is 7.99. The van der Waals surface area contributed by atoms with Gasteiger partial charge in [-0.25, -0.2) is 19.7 Å². The number of β-lactam (4-membered cyclic amide) rings is 1. The van der Waals surface area contributed by atoms with E-state index in [2.05, 4.69) is 45.2 Å². The number of fused-ring (bicyclic) bond motifs is 1. The van der Waals surface area contributed by atoms with Crippen LogP contribution in [0, 0.1) is 0 Å². The number of likely N-dealkylation sites (N-methyl/N-ethyl adjacent to an activating group) is 1. The Balaban J connectivity index is 1.46. The predicted octanol–water partition coefficient (Wildman–Crippen LogP) is -1.38. The third-order valence-electron chi connectivity index (χ3n) is 5.66. The monoisotopic (exact) mass is 569 g/mol. The van der Waals surface area contributed by atoms with Crippen molar-refractivity contribution in [3.8, 4) is 0 Å². The third-order valence-corrected chi connectivity index (χ3v) is 7.50. The highest BCUT2D eigenvalue weighted by molar-refractivity contribution is 8.00. The van der Waals surface area contributed by atoms with Gasteiger partial charge in [-0.05, 0) is 6.92 Å². The molecule has 16 nitrogen and oxygen atoms in total. The number of oxime groups is 1. The van der Waals surface area contributed by atoms with E-state index < -0.39 is 41.8 Å². The number of hydrogen-bond acceptors (Lipinski definition) is 13. The topological polar surface area (TPSA) is 203 Å². The molecule has 3 aliphatic heterocycles. The molecule has 2 unspecified atom stereocenters. The molecule has 1 aromatic rings. The maximum atomic E-state index is 12.9. The molecule has 38 heavy (non-hydrogen) atoms. The summed E-state index contributed by atoms with van der Waals surface area (Å²) in [6.45, 7) is 2.88. The van der Waals surface area contributed by atoms with E-state index in [0.717, 1.165) is 29.5 Å². The molecular weight excluding hydrogens is 545 g/mol. The lowest BCUT2D eigenvalue weighted by atomic mass is 10.0. The summed E-state index contributed by atoms with van der Waals surface area (Å²) in [6.07, 6.45) is 1.35. The number of carbonyl (C=O) groups is 3. The van der Waals surface area contributed by atoms with Crippen molar-refractivity contribution in [1.29, 1.82) is 0 Å². The number of anilines is 1. The molecule has 2 atom stereocenters. The zero-order valence-electron chi connectivity index (χ0n) is 20.2. The van der Waals surface area contributed by atoms with Gasteiger partial charge in [0.15, 0.2) is 5.13 Å². The summed E-state index contributed by atoms with van der Waals surface area (Å²) >= 11 is 2.03. The van der Waals surface area contributed by atoms with E-state index in [1.165, 1.54) is 18.0 Å². The Morgan fingerprint density at radius 1 is 1.39 bits per heavy atom. The highest BCUT2D eigenvalue weighted by atomic mass is 32.2. The maximum Gasteiger partial charge on any atom is 0.353 e. The van der Waals surface area contributed by atoms with Crippen molar-refractivity contribution < 1.29 is 28.7 Å². The average Bonchev–Trinajstić information content (AvgIpc) is 3.52. The fourth-order valence-corrected chi connectivity index (χ4v) is 5.71. The molecule has 1 aromatic heterocycles. The number of rotatable bonds is 10. The lowest BCUT2D eigenvalue weighted by Crippen LogP contribution is -2.71. The Hall–Kier alpha value is -4.00. The smallest absolute Gasteiger partial charge is 0.353 e. The number of hydrazine groups is 1. The van der Waals surface area contributed by atoms with E-state index >= 15 is 0 Å². The summed E-state index contributed by atoms with van der Waals surface area (Å²) in [5, 5.41) is 20.9. The van der Waals surface area contributed by atoms with Gasteiger partial charge >= 0.3 is 5.97 Å². The largest absolute Gasteiger partial charge is 0.477 e. The van der Waals surface area contributed by atoms with Crippen molar-refractivity contribution in [1.82, 2.24) is 35.0 Å². The van der Waals surface area contributed by atoms with Gasteiger partial charge in [-0.15, -0.1) is 11.8 Å². The molecule has 2 fully saturated rings. The van der Waals surface area contributed by atoms with Crippen LogP contribution in [0.3, 0.4) is 0 Å². The van der Waals surface area contributed by atoms with Crippen LogP contribution in [0.15, 0.2) is 26.5 Å². The van der Waals surface area contributed by atoms with Crippen LogP contribution in [0.25, 0.3) is 0 Å².